The first-order valence-corrected chi connectivity index (χ1v) is 20.4. The summed E-state index contributed by atoms with van der Waals surface area (Å²) in [5, 5.41) is 34.9. The number of carboxylic acids is 1. The van der Waals surface area contributed by atoms with Crippen LogP contribution in [-0.4, -0.2) is 50.5 Å². The first-order chi connectivity index (χ1) is 28.9. The number of thiocarbonyl (C=S) groups is 2. The molecule has 8 heterocycles. The number of hydrogen-bond acceptors (Lipinski definition) is 9. The van der Waals surface area contributed by atoms with Gasteiger partial charge in [-0.3, -0.25) is 19.9 Å². The Morgan fingerprint density at radius 3 is 1.80 bits per heavy atom. The zero-order valence-corrected chi connectivity index (χ0v) is 36.3. The van der Waals surface area contributed by atoms with E-state index in [1.54, 1.807) is 41.0 Å². The maximum atomic E-state index is 10.7. The normalized spacial score (nSPS) is 10.3. The number of pyridine rings is 4. The Morgan fingerprint density at radius 1 is 0.600 bits per heavy atom. The third-order valence-electron chi connectivity index (χ3n) is 9.30. The van der Waals surface area contributed by atoms with Crippen LogP contribution in [-0.2, 0) is 32.6 Å². The van der Waals surface area contributed by atoms with Crippen molar-refractivity contribution in [3.05, 3.63) is 177 Å². The van der Waals surface area contributed by atoms with Gasteiger partial charge in [0.25, 0.3) is 0 Å². The van der Waals surface area contributed by atoms with Crippen molar-refractivity contribution in [2.24, 2.45) is 0 Å². The Kier molecular flexibility index (Phi) is 14.9. The maximum absolute atomic E-state index is 10.7. The predicted molar refractivity (Wildman–Crippen MR) is 247 cm³/mol. The van der Waals surface area contributed by atoms with Crippen LogP contribution in [0.25, 0.3) is 77.2 Å². The average Bonchev–Trinajstić information content (AvgIpc) is 4.10. The summed E-state index contributed by atoms with van der Waals surface area (Å²) in [6.07, 6.45) is 7.06. The van der Waals surface area contributed by atoms with Crippen LogP contribution in [0.5, 0.6) is 0 Å². The van der Waals surface area contributed by atoms with E-state index in [-0.39, 0.29) is 25.0 Å². The van der Waals surface area contributed by atoms with E-state index in [9.17, 15) is 4.79 Å². The molecule has 8 aromatic heterocycles. The Morgan fingerprint density at radius 2 is 1.18 bits per heavy atom. The summed E-state index contributed by atoms with van der Waals surface area (Å²) >= 11 is 11.0. The molecule has 10 aromatic rings. The molecular formula is C45H30N8O2RuS4. The number of carboxylic acid groups (broad SMARTS) is 1. The summed E-state index contributed by atoms with van der Waals surface area (Å²) in [7, 11) is 0. The molecule has 0 fully saturated rings. The molecule has 0 unspecified atom stereocenters. The summed E-state index contributed by atoms with van der Waals surface area (Å²) in [6, 6.07) is 38.7. The molecule has 0 aliphatic heterocycles. The molecule has 2 aromatic carbocycles. The topological polar surface area (TPSA) is 143 Å². The third-order valence-corrected chi connectivity index (χ3v) is 11.0. The maximum Gasteiger partial charge on any atom is 2.00 e. The summed E-state index contributed by atoms with van der Waals surface area (Å²) in [6.45, 7) is 1.65. The van der Waals surface area contributed by atoms with Gasteiger partial charge in [0, 0.05) is 60.9 Å². The van der Waals surface area contributed by atoms with Crippen molar-refractivity contribution < 1.29 is 29.4 Å². The van der Waals surface area contributed by atoms with Crippen molar-refractivity contribution in [3.8, 4) is 22.8 Å². The smallest absolute Gasteiger partial charge is 0.753 e. The number of isothiocyanates is 2. The second kappa shape index (κ2) is 20.6. The molecule has 0 amide bonds. The van der Waals surface area contributed by atoms with Gasteiger partial charge in [-0.1, -0.05) is 79.0 Å². The molecule has 0 saturated heterocycles. The zero-order chi connectivity index (χ0) is 41.1. The van der Waals surface area contributed by atoms with Gasteiger partial charge < -0.3 is 25.1 Å². The number of rotatable bonds is 7. The minimum absolute atomic E-state index is 0. The quantitative estimate of drug-likeness (QED) is 0.0945. The number of nitrogens with zero attached hydrogens (tertiary/aromatic N) is 8. The van der Waals surface area contributed by atoms with E-state index in [0.29, 0.717) is 11.4 Å². The van der Waals surface area contributed by atoms with Gasteiger partial charge in [-0.25, -0.2) is 4.79 Å². The average molecular weight is 944 g/mol. The number of para-hydroxylation sites is 2. The standard InChI is InChI=1S/C32H22N4S2.C11H8N2O2.2CNS.Ru/c1-4-12-29-23(9-1)25-13-14-33-31(32(25)36(29)20-22-8-6-16-38-22)27-17-26-24-10-2-3-11-28(24)35(30(26)18-34-27)19-21-7-5-15-37-21;14-11(15)8-4-6-13-10(7-8)9-3-1-2-5-12-9;2*2-1-3;/h1-18H,19-20H2;1-7H,(H,14,15);;;/q;;2*-1;+2. The zero-order valence-electron chi connectivity index (χ0n) is 31.3. The summed E-state index contributed by atoms with van der Waals surface area (Å²) in [4.78, 5) is 31.5. The van der Waals surface area contributed by atoms with E-state index < -0.39 is 5.97 Å². The number of aromatic nitrogens is 6. The van der Waals surface area contributed by atoms with Crippen LogP contribution in [0.4, 0.5) is 0 Å². The van der Waals surface area contributed by atoms with Crippen LogP contribution in [0.15, 0.2) is 151 Å². The molecule has 15 heteroatoms. The molecule has 10 rings (SSSR count). The number of aromatic carboxylic acids is 1. The largest absolute Gasteiger partial charge is 2.00 e. The van der Waals surface area contributed by atoms with Gasteiger partial charge >= 0.3 is 25.4 Å². The van der Waals surface area contributed by atoms with Crippen molar-refractivity contribution >= 4 is 107 Å². The molecule has 10 nitrogen and oxygen atoms in total. The number of fused-ring (bicyclic) bond motifs is 6. The van der Waals surface area contributed by atoms with Gasteiger partial charge in [0.05, 0.1) is 53.0 Å². The van der Waals surface area contributed by atoms with E-state index in [1.165, 1.54) is 71.0 Å². The Hall–Kier alpha value is -6.27. The van der Waals surface area contributed by atoms with Crippen molar-refractivity contribution in [3.63, 3.8) is 0 Å². The molecular weight excluding hydrogens is 914 g/mol. The van der Waals surface area contributed by atoms with Crippen LogP contribution in [0.3, 0.4) is 0 Å². The van der Waals surface area contributed by atoms with Crippen molar-refractivity contribution in [1.82, 2.24) is 29.1 Å². The van der Waals surface area contributed by atoms with Gasteiger partial charge in [0.2, 0.25) is 0 Å². The molecule has 0 spiro atoms. The van der Waals surface area contributed by atoms with E-state index in [0.717, 1.165) is 35.5 Å². The van der Waals surface area contributed by atoms with Crippen LogP contribution in [0, 0.1) is 0 Å². The fourth-order valence-corrected chi connectivity index (χ4v) is 8.32. The molecule has 0 radical (unpaired) electrons. The molecule has 0 bridgehead atoms. The van der Waals surface area contributed by atoms with Gasteiger partial charge in [-0.2, -0.15) is 10.3 Å². The predicted octanol–water partition coefficient (Wildman–Crippen LogP) is 11.7. The van der Waals surface area contributed by atoms with Gasteiger partial charge in [0.15, 0.2) is 0 Å². The molecule has 0 aliphatic carbocycles. The molecule has 0 saturated carbocycles. The first-order valence-electron chi connectivity index (χ1n) is 17.9. The van der Waals surface area contributed by atoms with E-state index >= 15 is 0 Å². The monoisotopic (exact) mass is 944 g/mol. The number of carbonyl (C=O) groups is 1. The molecule has 0 aliphatic rings. The van der Waals surface area contributed by atoms with Crippen molar-refractivity contribution in [2.45, 2.75) is 13.1 Å². The minimum Gasteiger partial charge on any atom is -0.753 e. The Labute approximate surface area is 375 Å². The number of thiophene rings is 2. The van der Waals surface area contributed by atoms with Crippen molar-refractivity contribution in [2.75, 3.05) is 0 Å². The SMILES string of the molecule is O=C(O)c1ccnc(-c2ccccn2)c1.[N-]=C=S.[N-]=C=S.[Ru+2].c1csc(Cn2c3ccccc3c3cc(-c4nccc5c6ccccc6n(Cc6cccs6)c45)ncc32)c1. The van der Waals surface area contributed by atoms with E-state index in [1.807, 2.05) is 18.5 Å². The Balaban J connectivity index is 0.000000229. The van der Waals surface area contributed by atoms with Gasteiger partial charge in [-0.15, -0.1) is 22.7 Å². The molecule has 1 N–H and O–H groups in total. The number of hydrogen-bond donors (Lipinski definition) is 1. The molecule has 0 atom stereocenters. The molecule has 60 heavy (non-hydrogen) atoms. The minimum atomic E-state index is -0.963. The summed E-state index contributed by atoms with van der Waals surface area (Å²) in [5.41, 5.74) is 8.00. The first kappa shape index (κ1) is 43.3. The molecule has 294 valence electrons. The van der Waals surface area contributed by atoms with Crippen LogP contribution in [0.2, 0.25) is 0 Å². The second-order valence-corrected chi connectivity index (χ2v) is 15.1. The third kappa shape index (κ3) is 9.45. The van der Waals surface area contributed by atoms with Gasteiger partial charge in [-0.05, 0) is 71.4 Å². The van der Waals surface area contributed by atoms with E-state index in [2.05, 4.69) is 139 Å². The fraction of sp³-hybridized carbons (Fsp3) is 0.0444. The van der Waals surface area contributed by atoms with Crippen molar-refractivity contribution in [1.29, 1.82) is 0 Å². The number of benzene rings is 2. The van der Waals surface area contributed by atoms with Crippen LogP contribution in [0.1, 0.15) is 20.1 Å². The summed E-state index contributed by atoms with van der Waals surface area (Å²) < 4.78 is 4.79. The Bertz CT molecular complexity index is 3090. The fourth-order valence-electron chi connectivity index (χ4n) is 6.93. The summed E-state index contributed by atoms with van der Waals surface area (Å²) in [5.74, 6) is -0.963. The van der Waals surface area contributed by atoms with Gasteiger partial charge in [0.1, 0.15) is 5.69 Å². The second-order valence-electron chi connectivity index (χ2n) is 12.6. The van der Waals surface area contributed by atoms with E-state index in [4.69, 9.17) is 25.9 Å². The van der Waals surface area contributed by atoms with Crippen LogP contribution >= 0.6 is 47.1 Å². The van der Waals surface area contributed by atoms with Crippen LogP contribution < -0.4 is 0 Å².